The highest BCUT2D eigenvalue weighted by atomic mass is 16.5. The van der Waals surface area contributed by atoms with Crippen LogP contribution in [0.3, 0.4) is 0 Å². The van der Waals surface area contributed by atoms with Gasteiger partial charge in [0.2, 0.25) is 11.6 Å². The van der Waals surface area contributed by atoms with Crippen molar-refractivity contribution >= 4 is 11.9 Å². The van der Waals surface area contributed by atoms with Crippen molar-refractivity contribution in [2.75, 3.05) is 14.2 Å². The molecule has 0 fully saturated rings. The second-order valence-corrected chi connectivity index (χ2v) is 6.69. The average molecular weight is 440 g/mol. The first kappa shape index (κ1) is 20.9. The summed E-state index contributed by atoms with van der Waals surface area (Å²) in [6, 6.07) is 5.30. The van der Waals surface area contributed by atoms with Gasteiger partial charge in [0.05, 0.1) is 25.6 Å². The summed E-state index contributed by atoms with van der Waals surface area (Å²) in [5, 5.41) is 24.4. The molecular formula is C18H20N10O4. The van der Waals surface area contributed by atoms with E-state index in [0.717, 1.165) is 9.59 Å². The van der Waals surface area contributed by atoms with Crippen molar-refractivity contribution in [2.45, 2.75) is 24.9 Å². The van der Waals surface area contributed by atoms with Crippen LogP contribution in [0, 0.1) is 0 Å². The van der Waals surface area contributed by atoms with Crippen LogP contribution in [0.25, 0.3) is 23.0 Å². The Hall–Kier alpha value is -4.36. The van der Waals surface area contributed by atoms with Crippen LogP contribution in [0.5, 0.6) is 0 Å². The zero-order valence-corrected chi connectivity index (χ0v) is 17.2. The highest BCUT2D eigenvalue weighted by Crippen LogP contribution is 2.23. The first-order chi connectivity index (χ1) is 15.6. The summed E-state index contributed by atoms with van der Waals surface area (Å²) in [7, 11) is 2.52. The minimum absolute atomic E-state index is 0.131. The molecule has 14 nitrogen and oxygen atoms in total. The second-order valence-electron chi connectivity index (χ2n) is 6.69. The Bertz CT molecular complexity index is 1070. The minimum Gasteiger partial charge on any atom is -0.467 e. The molecule has 0 radical (unpaired) electrons. The molecule has 4 aromatic heterocycles. The summed E-state index contributed by atoms with van der Waals surface area (Å²) in [5.41, 5.74) is 1.30. The van der Waals surface area contributed by atoms with E-state index in [4.69, 9.17) is 9.47 Å². The van der Waals surface area contributed by atoms with E-state index in [0.29, 0.717) is 23.0 Å². The van der Waals surface area contributed by atoms with Gasteiger partial charge in [-0.3, -0.25) is 0 Å². The van der Waals surface area contributed by atoms with Crippen LogP contribution in [-0.2, 0) is 19.1 Å². The number of esters is 2. The molecule has 0 bridgehead atoms. The van der Waals surface area contributed by atoms with E-state index in [9.17, 15) is 9.59 Å². The van der Waals surface area contributed by atoms with Gasteiger partial charge in [0.15, 0.2) is 12.1 Å². The van der Waals surface area contributed by atoms with Crippen molar-refractivity contribution in [1.29, 1.82) is 0 Å². The molecule has 32 heavy (non-hydrogen) atoms. The number of aromatic nitrogens is 10. The van der Waals surface area contributed by atoms with Crippen molar-refractivity contribution in [1.82, 2.24) is 50.4 Å². The Morgan fingerprint density at radius 3 is 1.62 bits per heavy atom. The largest absolute Gasteiger partial charge is 0.467 e. The molecule has 0 aliphatic rings. The number of carbonyl (C=O) groups excluding carboxylic acids is 2. The van der Waals surface area contributed by atoms with Gasteiger partial charge in [-0.25, -0.2) is 9.59 Å². The number of rotatable bonds is 9. The molecule has 2 atom stereocenters. The lowest BCUT2D eigenvalue weighted by Crippen LogP contribution is -2.28. The highest BCUT2D eigenvalue weighted by Gasteiger charge is 2.31. The van der Waals surface area contributed by atoms with Gasteiger partial charge >= 0.3 is 11.9 Å². The van der Waals surface area contributed by atoms with Crippen LogP contribution in [-0.4, -0.2) is 76.5 Å². The van der Waals surface area contributed by atoms with Gasteiger partial charge in [-0.15, -0.1) is 30.0 Å². The summed E-state index contributed by atoms with van der Waals surface area (Å²) in [5.74, 6) is -0.519. The summed E-state index contributed by atoms with van der Waals surface area (Å²) in [4.78, 5) is 33.1. The number of nitrogens with one attached hydrogen (secondary N) is 2. The molecule has 0 aliphatic carbocycles. The molecule has 0 spiro atoms. The van der Waals surface area contributed by atoms with E-state index < -0.39 is 24.0 Å². The smallest absolute Gasteiger partial charge is 0.332 e. The Morgan fingerprint density at radius 1 is 0.844 bits per heavy atom. The lowest BCUT2D eigenvalue weighted by Gasteiger charge is -2.17. The Kier molecular flexibility index (Phi) is 6.00. The fraction of sp³-hybridized carbons (Fsp3) is 0.333. The van der Waals surface area contributed by atoms with Crippen LogP contribution in [0.2, 0.25) is 0 Å². The van der Waals surface area contributed by atoms with E-state index in [2.05, 4.69) is 40.8 Å². The van der Waals surface area contributed by atoms with E-state index in [-0.39, 0.29) is 12.8 Å². The number of carbonyl (C=O) groups is 2. The number of ether oxygens (including phenoxy) is 2. The first-order valence-electron chi connectivity index (χ1n) is 9.63. The third-order valence-corrected chi connectivity index (χ3v) is 4.75. The van der Waals surface area contributed by atoms with Gasteiger partial charge in [0.25, 0.3) is 0 Å². The summed E-state index contributed by atoms with van der Waals surface area (Å²) in [6.45, 7) is 0. The lowest BCUT2D eigenvalue weighted by atomic mass is 10.1. The zero-order valence-electron chi connectivity index (χ0n) is 17.2. The Balaban J connectivity index is 1.54. The van der Waals surface area contributed by atoms with Gasteiger partial charge in [-0.1, -0.05) is 0 Å². The molecule has 2 unspecified atom stereocenters. The van der Waals surface area contributed by atoms with E-state index >= 15 is 0 Å². The quantitative estimate of drug-likeness (QED) is 0.350. The third kappa shape index (κ3) is 4.23. The molecule has 4 aromatic rings. The number of hydrogen-bond acceptors (Lipinski definition) is 10. The molecule has 4 heterocycles. The molecule has 0 saturated heterocycles. The zero-order chi connectivity index (χ0) is 22.5. The van der Waals surface area contributed by atoms with Crippen molar-refractivity contribution in [3.05, 3.63) is 36.7 Å². The number of methoxy groups -OCH3 is 2. The summed E-state index contributed by atoms with van der Waals surface area (Å²) in [6.07, 6.45) is 3.71. The fourth-order valence-corrected chi connectivity index (χ4v) is 3.11. The van der Waals surface area contributed by atoms with Crippen molar-refractivity contribution in [2.24, 2.45) is 0 Å². The van der Waals surface area contributed by atoms with Gasteiger partial charge in [-0.2, -0.15) is 0 Å². The normalized spacial score (nSPS) is 12.9. The average Bonchev–Trinajstić information content (AvgIpc) is 3.62. The number of hydrogen-bond donors (Lipinski definition) is 2. The molecule has 166 valence electrons. The van der Waals surface area contributed by atoms with Crippen LogP contribution in [0.4, 0.5) is 0 Å². The first-order valence-corrected chi connectivity index (χ1v) is 9.63. The monoisotopic (exact) mass is 440 g/mol. The van der Waals surface area contributed by atoms with Crippen LogP contribution < -0.4 is 0 Å². The predicted molar refractivity (Wildman–Crippen MR) is 107 cm³/mol. The van der Waals surface area contributed by atoms with E-state index in [1.165, 1.54) is 14.2 Å². The van der Waals surface area contributed by atoms with Crippen LogP contribution in [0.1, 0.15) is 24.9 Å². The molecular weight excluding hydrogens is 420 g/mol. The number of nitrogens with zero attached hydrogens (tertiary/aromatic N) is 8. The maximum absolute atomic E-state index is 12.4. The number of tetrazole rings is 2. The molecule has 0 amide bonds. The maximum Gasteiger partial charge on any atom is 0.332 e. The van der Waals surface area contributed by atoms with E-state index in [1.54, 1.807) is 36.7 Å². The van der Waals surface area contributed by atoms with Gasteiger partial charge in [0.1, 0.15) is 0 Å². The predicted octanol–water partition coefficient (Wildman–Crippen LogP) is 0.558. The third-order valence-electron chi connectivity index (χ3n) is 4.75. The summed E-state index contributed by atoms with van der Waals surface area (Å²) < 4.78 is 9.80. The minimum atomic E-state index is -0.922. The van der Waals surface area contributed by atoms with Crippen LogP contribution in [0.15, 0.2) is 36.7 Å². The second kappa shape index (κ2) is 9.20. The van der Waals surface area contributed by atoms with E-state index in [1.807, 2.05) is 0 Å². The van der Waals surface area contributed by atoms with Gasteiger partial charge < -0.3 is 19.4 Å². The standard InChI is InChI=1S/C18H20N10O4/c1-31-17(29)13(27-23-15(21-25-27)11-5-3-9-19-11)7-8-14(18(30)32-2)28-24-16(22-26-28)12-6-4-10-20-12/h3-6,9-10,13-14,19-20H,7-8H2,1-2H3. The van der Waals surface area contributed by atoms with Crippen molar-refractivity contribution < 1.29 is 19.1 Å². The number of H-pyrrole nitrogens is 2. The molecule has 0 saturated carbocycles. The molecule has 0 aliphatic heterocycles. The number of aromatic amines is 2. The maximum atomic E-state index is 12.4. The molecule has 2 N–H and O–H groups in total. The fourth-order valence-electron chi connectivity index (χ4n) is 3.11. The van der Waals surface area contributed by atoms with Gasteiger partial charge in [-0.05, 0) is 47.5 Å². The Labute approximate surface area is 180 Å². The highest BCUT2D eigenvalue weighted by molar-refractivity contribution is 5.75. The Morgan fingerprint density at radius 2 is 1.28 bits per heavy atom. The topological polar surface area (TPSA) is 171 Å². The molecule has 0 aromatic carbocycles. The SMILES string of the molecule is COC(=O)C(CCC(C(=O)OC)n1nnc(-c2ccc[nH]2)n1)n1nnc(-c2ccc[nH]2)n1. The van der Waals surface area contributed by atoms with Crippen molar-refractivity contribution in [3.8, 4) is 23.0 Å². The van der Waals surface area contributed by atoms with Crippen LogP contribution >= 0.6 is 0 Å². The molecule has 14 heteroatoms. The summed E-state index contributed by atoms with van der Waals surface area (Å²) >= 11 is 0. The lowest BCUT2D eigenvalue weighted by molar-refractivity contribution is -0.148. The molecule has 4 rings (SSSR count). The van der Waals surface area contributed by atoms with Gasteiger partial charge in [0, 0.05) is 12.4 Å². The van der Waals surface area contributed by atoms with Crippen molar-refractivity contribution in [3.63, 3.8) is 0 Å².